The topological polar surface area (TPSA) is 54.2 Å². The van der Waals surface area contributed by atoms with Crippen LogP contribution in [0.3, 0.4) is 0 Å². The van der Waals surface area contributed by atoms with Crippen molar-refractivity contribution >= 4 is 0 Å². The number of pyridine rings is 1. The van der Waals surface area contributed by atoms with Crippen molar-refractivity contribution in [3.8, 4) is 0 Å². The van der Waals surface area contributed by atoms with Crippen LogP contribution in [-0.2, 0) is 0 Å². The number of nitrogens with zero attached hydrogens (tertiary/aromatic N) is 2. The fourth-order valence-electron chi connectivity index (χ4n) is 2.67. The third-order valence-corrected chi connectivity index (χ3v) is 3.84. The fraction of sp³-hybridized carbons (Fsp3) is 0.643. The number of aromatic nitrogens is 1. The van der Waals surface area contributed by atoms with Gasteiger partial charge in [0.2, 0.25) is 0 Å². The molecule has 1 unspecified atom stereocenters. The Bertz CT molecular complexity index is 372. The summed E-state index contributed by atoms with van der Waals surface area (Å²) >= 11 is 0. The van der Waals surface area contributed by atoms with Crippen molar-refractivity contribution in [2.45, 2.75) is 46.2 Å². The summed E-state index contributed by atoms with van der Waals surface area (Å²) in [5, 5.41) is 0. The molecule has 0 saturated carbocycles. The fourth-order valence-corrected chi connectivity index (χ4v) is 2.67. The first kappa shape index (κ1) is 15.1. The Kier molecular flexibility index (Phi) is 5.26. The van der Waals surface area contributed by atoms with Crippen LogP contribution in [0.4, 0.5) is 0 Å². The Morgan fingerprint density at radius 2 is 2.00 bits per heavy atom. The third kappa shape index (κ3) is 2.88. The van der Waals surface area contributed by atoms with Gasteiger partial charge in [0.1, 0.15) is 0 Å². The van der Waals surface area contributed by atoms with Gasteiger partial charge in [0.05, 0.1) is 6.04 Å². The molecule has 0 bridgehead atoms. The Labute approximate surface area is 111 Å². The van der Waals surface area contributed by atoms with Gasteiger partial charge in [-0.15, -0.1) is 0 Å². The number of hydrogen-bond donors (Lipinski definition) is 2. The van der Waals surface area contributed by atoms with E-state index >= 15 is 0 Å². The molecule has 4 nitrogen and oxygen atoms in total. The Morgan fingerprint density at radius 1 is 1.39 bits per heavy atom. The van der Waals surface area contributed by atoms with E-state index in [0.29, 0.717) is 0 Å². The Hall–Kier alpha value is -0.970. The van der Waals surface area contributed by atoms with Crippen molar-refractivity contribution in [2.75, 3.05) is 13.1 Å². The highest BCUT2D eigenvalue weighted by Gasteiger charge is 2.35. The van der Waals surface area contributed by atoms with E-state index in [1.807, 2.05) is 18.5 Å². The SMILES string of the molecule is CCN(CC)C(C)(C)C(NN)c1cnccc1C. The van der Waals surface area contributed by atoms with E-state index in [9.17, 15) is 0 Å². The molecule has 0 spiro atoms. The van der Waals surface area contributed by atoms with Crippen molar-refractivity contribution in [3.63, 3.8) is 0 Å². The van der Waals surface area contributed by atoms with Gasteiger partial charge in [0, 0.05) is 17.9 Å². The number of nitrogens with one attached hydrogen (secondary N) is 1. The summed E-state index contributed by atoms with van der Waals surface area (Å²) in [6.45, 7) is 12.9. The number of likely N-dealkylation sites (N-methyl/N-ethyl adjacent to an activating group) is 1. The molecule has 0 aliphatic heterocycles. The van der Waals surface area contributed by atoms with E-state index in [1.54, 1.807) is 0 Å². The van der Waals surface area contributed by atoms with Gasteiger partial charge in [-0.1, -0.05) is 13.8 Å². The standard InChI is InChI=1S/C14H26N4/c1-6-18(7-2)14(4,5)13(17-15)12-10-16-9-8-11(12)3/h8-10,13,17H,6-7,15H2,1-5H3. The molecule has 1 aromatic rings. The molecule has 18 heavy (non-hydrogen) atoms. The highest BCUT2D eigenvalue weighted by molar-refractivity contribution is 5.27. The molecule has 0 aromatic carbocycles. The van der Waals surface area contributed by atoms with E-state index in [-0.39, 0.29) is 11.6 Å². The zero-order valence-electron chi connectivity index (χ0n) is 12.2. The normalized spacial score (nSPS) is 13.9. The van der Waals surface area contributed by atoms with Crippen LogP contribution in [-0.4, -0.2) is 28.5 Å². The number of hydrazine groups is 1. The zero-order valence-corrected chi connectivity index (χ0v) is 12.2. The summed E-state index contributed by atoms with van der Waals surface area (Å²) in [5.74, 6) is 5.80. The van der Waals surface area contributed by atoms with Crippen LogP contribution in [0.1, 0.15) is 44.9 Å². The van der Waals surface area contributed by atoms with Gasteiger partial charge >= 0.3 is 0 Å². The molecule has 0 aliphatic carbocycles. The number of aryl methyl sites for hydroxylation is 1. The van der Waals surface area contributed by atoms with Crippen molar-refractivity contribution in [2.24, 2.45) is 5.84 Å². The summed E-state index contributed by atoms with van der Waals surface area (Å²) < 4.78 is 0. The van der Waals surface area contributed by atoms with E-state index in [1.165, 1.54) is 5.56 Å². The molecular formula is C14H26N4. The predicted octanol–water partition coefficient (Wildman–Crippen LogP) is 2.01. The average molecular weight is 250 g/mol. The van der Waals surface area contributed by atoms with Crippen molar-refractivity contribution in [3.05, 3.63) is 29.6 Å². The molecule has 102 valence electrons. The van der Waals surface area contributed by atoms with Crippen LogP contribution in [0.5, 0.6) is 0 Å². The first-order valence-corrected chi connectivity index (χ1v) is 6.60. The molecule has 1 atom stereocenters. The summed E-state index contributed by atoms with van der Waals surface area (Å²) in [4.78, 5) is 6.63. The number of nitrogens with two attached hydrogens (primary N) is 1. The zero-order chi connectivity index (χ0) is 13.8. The van der Waals surface area contributed by atoms with Crippen LogP contribution in [0.25, 0.3) is 0 Å². The van der Waals surface area contributed by atoms with Gasteiger partial charge in [-0.25, -0.2) is 0 Å². The smallest absolute Gasteiger partial charge is 0.0656 e. The minimum absolute atomic E-state index is 0.0612. The highest BCUT2D eigenvalue weighted by atomic mass is 15.3. The van der Waals surface area contributed by atoms with Crippen molar-refractivity contribution in [1.82, 2.24) is 15.3 Å². The lowest BCUT2D eigenvalue weighted by atomic mass is 9.86. The van der Waals surface area contributed by atoms with E-state index in [0.717, 1.165) is 18.7 Å². The minimum atomic E-state index is -0.0634. The summed E-state index contributed by atoms with van der Waals surface area (Å²) in [7, 11) is 0. The van der Waals surface area contributed by atoms with E-state index in [4.69, 9.17) is 5.84 Å². The van der Waals surface area contributed by atoms with Crippen LogP contribution in [0.2, 0.25) is 0 Å². The molecule has 0 radical (unpaired) electrons. The second-order valence-electron chi connectivity index (χ2n) is 5.16. The van der Waals surface area contributed by atoms with Crippen LogP contribution in [0, 0.1) is 6.92 Å². The summed E-state index contributed by atoms with van der Waals surface area (Å²) in [5.41, 5.74) is 5.28. The molecule has 3 N–H and O–H groups in total. The maximum atomic E-state index is 5.80. The van der Waals surface area contributed by atoms with Gasteiger partial charge in [0.15, 0.2) is 0 Å². The van der Waals surface area contributed by atoms with Crippen LogP contribution in [0.15, 0.2) is 18.5 Å². The predicted molar refractivity (Wildman–Crippen MR) is 76.0 cm³/mol. The molecule has 4 heteroatoms. The first-order valence-electron chi connectivity index (χ1n) is 6.60. The largest absolute Gasteiger partial charge is 0.297 e. The molecule has 1 rings (SSSR count). The second kappa shape index (κ2) is 6.27. The van der Waals surface area contributed by atoms with Crippen LogP contribution >= 0.6 is 0 Å². The third-order valence-electron chi connectivity index (χ3n) is 3.84. The van der Waals surface area contributed by atoms with E-state index in [2.05, 4.69) is 49.9 Å². The lowest BCUT2D eigenvalue weighted by Crippen LogP contribution is -2.54. The van der Waals surface area contributed by atoms with Gasteiger partial charge in [-0.05, 0) is 51.1 Å². The molecule has 0 saturated heterocycles. The summed E-state index contributed by atoms with van der Waals surface area (Å²) in [6, 6.07) is 2.09. The van der Waals surface area contributed by atoms with Gasteiger partial charge in [0.25, 0.3) is 0 Å². The quantitative estimate of drug-likeness (QED) is 0.599. The molecule has 0 aliphatic rings. The lowest BCUT2D eigenvalue weighted by molar-refractivity contribution is 0.0909. The van der Waals surface area contributed by atoms with E-state index < -0.39 is 0 Å². The molecule has 0 amide bonds. The van der Waals surface area contributed by atoms with Crippen molar-refractivity contribution in [1.29, 1.82) is 0 Å². The number of rotatable bonds is 6. The summed E-state index contributed by atoms with van der Waals surface area (Å²) in [6.07, 6.45) is 3.72. The lowest BCUT2D eigenvalue weighted by Gasteiger charge is -2.43. The van der Waals surface area contributed by atoms with Crippen molar-refractivity contribution < 1.29 is 0 Å². The number of hydrogen-bond acceptors (Lipinski definition) is 4. The van der Waals surface area contributed by atoms with Crippen LogP contribution < -0.4 is 11.3 Å². The average Bonchev–Trinajstić information content (AvgIpc) is 2.33. The molecular weight excluding hydrogens is 224 g/mol. The molecule has 0 fully saturated rings. The van der Waals surface area contributed by atoms with Gasteiger partial charge < -0.3 is 0 Å². The van der Waals surface area contributed by atoms with Gasteiger partial charge in [-0.2, -0.15) is 0 Å². The maximum Gasteiger partial charge on any atom is 0.0656 e. The van der Waals surface area contributed by atoms with Gasteiger partial charge in [-0.3, -0.25) is 21.2 Å². The highest BCUT2D eigenvalue weighted by Crippen LogP contribution is 2.31. The minimum Gasteiger partial charge on any atom is -0.297 e. The Balaban J connectivity index is 3.13. The maximum absolute atomic E-state index is 5.80. The first-order chi connectivity index (χ1) is 8.48. The monoisotopic (exact) mass is 250 g/mol. The molecule has 1 heterocycles. The Morgan fingerprint density at radius 3 is 2.44 bits per heavy atom. The second-order valence-corrected chi connectivity index (χ2v) is 5.16. The molecule has 1 aromatic heterocycles.